The number of rotatable bonds is 32. The number of nitrogens with one attached hydrogen (secondary N) is 4. The van der Waals surface area contributed by atoms with E-state index in [0.717, 1.165) is 90.3 Å². The Hall–Kier alpha value is -0.275. The Morgan fingerprint density at radius 2 is 1.40 bits per heavy atom. The van der Waals surface area contributed by atoms with Crippen LogP contribution in [0, 0.1) is 11.8 Å². The summed E-state index contributed by atoms with van der Waals surface area (Å²) in [5, 5.41) is 53.4. The molecule has 2 heterocycles. The number of carbonyl (C=O) groups excluding carboxylic acids is 7. The molecule has 4 bridgehead atoms. The van der Waals surface area contributed by atoms with Gasteiger partial charge in [-0.3, -0.25) is 24.0 Å². The van der Waals surface area contributed by atoms with Crippen LogP contribution >= 0.6 is 0 Å². The summed E-state index contributed by atoms with van der Waals surface area (Å²) in [4.78, 5) is 94.8. The van der Waals surface area contributed by atoms with E-state index in [2.05, 4.69) is 47.8 Å². The molecule has 5 amide bonds. The summed E-state index contributed by atoms with van der Waals surface area (Å²) in [5.41, 5.74) is -2.24. The van der Waals surface area contributed by atoms with Crippen molar-refractivity contribution in [1.29, 1.82) is 0 Å². The number of benzene rings is 2. The van der Waals surface area contributed by atoms with Crippen molar-refractivity contribution in [2.24, 2.45) is 11.8 Å². The Balaban J connectivity index is 0.0000216. The number of aliphatic hydroxyl groups excluding tert-OH is 3. The molecule has 7 N–H and O–H groups in total. The van der Waals surface area contributed by atoms with Gasteiger partial charge in [0, 0.05) is 31.1 Å². The molecular weight excluding hydrogens is 1410 g/mol. The largest absolute Gasteiger partial charge is 1.00 e. The van der Waals surface area contributed by atoms with Crippen LogP contribution in [0.25, 0.3) is 11.1 Å². The summed E-state index contributed by atoms with van der Waals surface area (Å²) >= 11 is 0. The van der Waals surface area contributed by atoms with E-state index in [1.807, 2.05) is 11.4 Å². The van der Waals surface area contributed by atoms with Crippen LogP contribution < -0.4 is 245 Å². The molecule has 0 aromatic heterocycles. The van der Waals surface area contributed by atoms with Crippen LogP contribution in [-0.2, 0) is 74.0 Å². The molecule has 1 fully saturated rings. The number of esters is 1. The first kappa shape index (κ1) is 93.7. The second kappa shape index (κ2) is 44.3. The summed E-state index contributed by atoms with van der Waals surface area (Å²) in [6.07, 6.45) is 3.51. The fraction of sp³-hybridized carbons (Fsp3) is 0.596. The molecule has 11 atom stereocenters. The molecular formula is C57H79K4N5O25S3. The fourth-order valence-electron chi connectivity index (χ4n) is 9.87. The van der Waals surface area contributed by atoms with Gasteiger partial charge in [-0.25, -0.2) is 30.0 Å². The fourth-order valence-corrected chi connectivity index (χ4v) is 11.2. The standard InChI is InChI=1S/C57H83N5O25S3.4K/c1-9-17-32(4)24-33(5)56(73)84-39(21-20-31(2)3)18-15-13-11-10-12-14-16-19-44(63)58-23-22-45(64)60-42(30-88(74,75)76)54(70)62(8)47-38-28-41(51(43(29-38)87-90(80,81)82)85-57-50(67)49(66)48(65)35(7)83-57)36-25-37(27-40(26-36)86-89(77,78)79)46(55(71)72)61-52(68)34(6)59-53(47)69;;;;/h16,19,24-29,31-32,34-35,39,42,46-50,57,65-67H,9-15,17-18,20-23,30H2,1-8H3,(H,58,63)(H,59,69)(H,60,64)(H,61,68)(H,71,72)(H,74,75,76)(H,77,78,79)(H,80,81,82);;;;/q;4*+1/p-4/b19-16+,33-24+;;;;/t32?,34?,35-,39?,42?,46?,47?,48-,49+,50+,57-;;;;/m1..../s1. The number of carboxylic acid groups (broad SMARTS) is 1. The zero-order valence-electron chi connectivity index (χ0n) is 54.9. The summed E-state index contributed by atoms with van der Waals surface area (Å²) in [7, 11) is -16.5. The number of allylic oxidation sites excluding steroid dienone is 2. The van der Waals surface area contributed by atoms with Crippen molar-refractivity contribution in [3.63, 3.8) is 0 Å². The second-order valence-electron chi connectivity index (χ2n) is 22.6. The van der Waals surface area contributed by atoms with Crippen molar-refractivity contribution < 1.29 is 321 Å². The number of aliphatic hydroxyl groups is 3. The van der Waals surface area contributed by atoms with Crippen molar-refractivity contribution in [2.45, 2.75) is 186 Å². The minimum absolute atomic E-state index is 0. The van der Waals surface area contributed by atoms with Crippen LogP contribution in [0.4, 0.5) is 0 Å². The maximum absolute atomic E-state index is 14.6. The molecule has 1 saturated heterocycles. The van der Waals surface area contributed by atoms with Gasteiger partial charge in [0.15, 0.2) is 11.5 Å². The smallest absolute Gasteiger partial charge is 0.748 e. The first-order valence-electron chi connectivity index (χ1n) is 29.0. The molecule has 2 aliphatic heterocycles. The molecule has 94 heavy (non-hydrogen) atoms. The number of aliphatic carboxylic acids is 1. The topological polar surface area (TPSA) is 472 Å². The summed E-state index contributed by atoms with van der Waals surface area (Å²) in [6, 6.07) is -5.53. The Morgan fingerprint density at radius 3 is 2.00 bits per heavy atom. The Labute approximate surface area is 718 Å². The molecule has 30 nitrogen and oxygen atoms in total. The average Bonchev–Trinajstić information content (AvgIpc) is 0.963. The molecule has 6 unspecified atom stereocenters. The zero-order chi connectivity index (χ0) is 67.6. The molecule has 2 aromatic rings. The van der Waals surface area contributed by atoms with Gasteiger partial charge in [-0.1, -0.05) is 65.5 Å². The van der Waals surface area contributed by atoms with E-state index in [1.54, 1.807) is 13.0 Å². The maximum atomic E-state index is 14.6. The molecule has 0 aliphatic carbocycles. The number of hydrogen-bond acceptors (Lipinski definition) is 25. The summed E-state index contributed by atoms with van der Waals surface area (Å²) < 4.78 is 137. The van der Waals surface area contributed by atoms with Crippen molar-refractivity contribution in [1.82, 2.24) is 26.2 Å². The van der Waals surface area contributed by atoms with Crippen LogP contribution in [-0.4, -0.2) is 169 Å². The van der Waals surface area contributed by atoms with E-state index in [1.165, 1.54) is 13.0 Å². The van der Waals surface area contributed by atoms with Crippen LogP contribution in [0.3, 0.4) is 0 Å². The Bertz CT molecular complexity index is 3310. The van der Waals surface area contributed by atoms with Crippen molar-refractivity contribution >= 4 is 72.4 Å². The third-order valence-corrected chi connectivity index (χ3v) is 15.9. The van der Waals surface area contributed by atoms with Crippen molar-refractivity contribution in [2.75, 3.05) is 19.3 Å². The van der Waals surface area contributed by atoms with E-state index < -0.39 is 180 Å². The van der Waals surface area contributed by atoms with Crippen molar-refractivity contribution in [3.05, 3.63) is 65.3 Å². The van der Waals surface area contributed by atoms with E-state index in [4.69, 9.17) is 18.4 Å². The second-order valence-corrected chi connectivity index (χ2v) is 26.0. The normalized spacial score (nSPS) is 20.9. The average molecular weight is 1490 g/mol. The number of likely N-dealkylation sites (N-methyl/N-ethyl adjacent to an activating group) is 1. The number of carboxylic acids is 1. The third-order valence-electron chi connectivity index (χ3n) is 14.4. The first-order chi connectivity index (χ1) is 41.9. The number of carbonyl (C=O) groups is 7. The van der Waals surface area contributed by atoms with Gasteiger partial charge in [0.2, 0.25) is 35.8 Å². The summed E-state index contributed by atoms with van der Waals surface area (Å²) in [5.74, 6) is -12.9. The van der Waals surface area contributed by atoms with E-state index in [9.17, 15) is 92.9 Å². The minimum atomic E-state index is -6.03. The molecule has 2 aromatic carbocycles. The SMILES string of the molecule is CCCC(C)/C=C(\C)C(=O)OC(CCCCCCC/C=C/C(=O)NCCC(=O)NC(CS(=O)(=O)[O-])C(=O)N(C)C1C(=O)NC(C)C(=O)NC(C(=O)[O-])c2cc(OS(=O)(=O)[O-])cc(c2)-c2cc1cc(OS(=O)(=O)[O-])c2O[C@H]1O[C@H](C)[C@@H](O)[C@H](O)[C@@H]1O)CCC(C)C.[K+].[K+].[K+].[K+]. The van der Waals surface area contributed by atoms with Crippen molar-refractivity contribution in [3.8, 4) is 28.4 Å². The maximum Gasteiger partial charge on any atom is 1.00 e. The van der Waals surface area contributed by atoms with Crippen LogP contribution in [0.1, 0.15) is 149 Å². The number of ether oxygens (including phenoxy) is 3. The van der Waals surface area contributed by atoms with Crippen LogP contribution in [0.5, 0.6) is 17.2 Å². The molecule has 37 heteroatoms. The predicted molar refractivity (Wildman–Crippen MR) is 312 cm³/mol. The van der Waals surface area contributed by atoms with Gasteiger partial charge in [-0.2, -0.15) is 0 Å². The molecule has 4 rings (SSSR count). The molecule has 0 radical (unpaired) electrons. The number of unbranched alkanes of at least 4 members (excludes halogenated alkanes) is 5. The molecule has 0 saturated carbocycles. The van der Waals surface area contributed by atoms with Gasteiger partial charge in [-0.15, -0.1) is 0 Å². The monoisotopic (exact) mass is 1490 g/mol. The number of amides is 5. The van der Waals surface area contributed by atoms with Gasteiger partial charge < -0.3 is 87.6 Å². The van der Waals surface area contributed by atoms with E-state index >= 15 is 0 Å². The Kier molecular flexibility index (Phi) is 44.2. The Morgan fingerprint density at radius 1 is 0.777 bits per heavy atom. The van der Waals surface area contributed by atoms with Gasteiger partial charge in [0.25, 0.3) is 20.8 Å². The first-order valence-corrected chi connectivity index (χ1v) is 33.3. The summed E-state index contributed by atoms with van der Waals surface area (Å²) in [6.45, 7) is 11.9. The number of nitrogens with zero attached hydrogens (tertiary/aromatic N) is 1. The predicted octanol–water partition coefficient (Wildman–Crippen LogP) is -11.3. The van der Waals surface area contributed by atoms with Gasteiger partial charge >= 0.3 is 212 Å². The van der Waals surface area contributed by atoms with E-state index in [-0.39, 0.29) is 224 Å². The van der Waals surface area contributed by atoms with Crippen LogP contribution in [0.2, 0.25) is 0 Å². The van der Waals surface area contributed by atoms with E-state index in [0.29, 0.717) is 41.0 Å². The minimum Gasteiger partial charge on any atom is -0.748 e. The third kappa shape index (κ3) is 32.4. The molecule has 0 spiro atoms. The zero-order valence-corrected chi connectivity index (χ0v) is 69.9. The van der Waals surface area contributed by atoms with Gasteiger partial charge in [0.1, 0.15) is 48.3 Å². The quantitative estimate of drug-likeness (QED) is 0.00893. The number of hydrogen-bond donors (Lipinski definition) is 7. The number of fused-ring (bicyclic) bond motifs is 5. The van der Waals surface area contributed by atoms with Gasteiger partial charge in [-0.05, 0) is 131 Å². The molecule has 504 valence electrons. The van der Waals surface area contributed by atoms with Crippen LogP contribution in [0.15, 0.2) is 54.1 Å². The molecule has 2 aliphatic rings. The van der Waals surface area contributed by atoms with Gasteiger partial charge in [0.05, 0.1) is 34.0 Å².